The first-order chi connectivity index (χ1) is 13.8. The molecule has 0 aliphatic heterocycles. The number of benzene rings is 2. The summed E-state index contributed by atoms with van der Waals surface area (Å²) in [5, 5.41) is 29.6. The molecular formula is C25H34O4. The molecule has 158 valence electrons. The molecule has 0 fully saturated rings. The van der Waals surface area contributed by atoms with Gasteiger partial charge in [-0.3, -0.25) is 4.79 Å². The van der Waals surface area contributed by atoms with Gasteiger partial charge in [0.2, 0.25) is 0 Å². The van der Waals surface area contributed by atoms with E-state index in [1.807, 2.05) is 67.6 Å². The number of rotatable bonds is 12. The highest BCUT2D eigenvalue weighted by Crippen LogP contribution is 2.33. The SMILES string of the molecule is CC(CCCCCCCC(C)(c1ccccc1)C(O)O)(C(=O)O)c1ccccc1. The van der Waals surface area contributed by atoms with E-state index in [-0.39, 0.29) is 0 Å². The van der Waals surface area contributed by atoms with Crippen molar-refractivity contribution in [3.8, 4) is 0 Å². The molecule has 0 spiro atoms. The zero-order chi connectivity index (χ0) is 21.3. The van der Waals surface area contributed by atoms with Crippen LogP contribution in [0.3, 0.4) is 0 Å². The minimum Gasteiger partial charge on any atom is -0.481 e. The number of unbranched alkanes of at least 4 members (excludes halogenated alkanes) is 4. The van der Waals surface area contributed by atoms with Crippen LogP contribution in [0.25, 0.3) is 0 Å². The number of carboxylic acid groups (broad SMARTS) is 1. The first-order valence-corrected chi connectivity index (χ1v) is 10.5. The van der Waals surface area contributed by atoms with Crippen LogP contribution in [-0.4, -0.2) is 27.6 Å². The van der Waals surface area contributed by atoms with Gasteiger partial charge in [-0.1, -0.05) is 99.7 Å². The molecule has 2 rings (SSSR count). The number of hydrogen-bond acceptors (Lipinski definition) is 3. The van der Waals surface area contributed by atoms with E-state index in [4.69, 9.17) is 0 Å². The zero-order valence-electron chi connectivity index (χ0n) is 17.6. The van der Waals surface area contributed by atoms with E-state index in [2.05, 4.69) is 0 Å². The average Bonchev–Trinajstić information content (AvgIpc) is 2.73. The highest BCUT2D eigenvalue weighted by atomic mass is 16.5. The van der Waals surface area contributed by atoms with Gasteiger partial charge in [0, 0.05) is 5.41 Å². The van der Waals surface area contributed by atoms with Gasteiger partial charge in [-0.2, -0.15) is 0 Å². The Morgan fingerprint density at radius 2 is 1.21 bits per heavy atom. The summed E-state index contributed by atoms with van der Waals surface area (Å²) in [7, 11) is 0. The standard InChI is InChI=1S/C25H34O4/c1-24(22(26)27,20-14-8-6-9-15-20)18-12-4-3-5-13-19-25(2,23(28)29)21-16-10-7-11-17-21/h6-11,14-17,22,26-27H,3-5,12-13,18-19H2,1-2H3,(H,28,29). The normalized spacial score (nSPS) is 15.6. The molecule has 0 aromatic heterocycles. The molecule has 0 amide bonds. The molecule has 3 N–H and O–H groups in total. The average molecular weight is 399 g/mol. The fourth-order valence-corrected chi connectivity index (χ4v) is 3.92. The Kier molecular flexibility index (Phi) is 8.42. The number of carboxylic acids is 1. The van der Waals surface area contributed by atoms with Crippen LogP contribution in [0.1, 0.15) is 69.9 Å². The second-order valence-electron chi connectivity index (χ2n) is 8.43. The van der Waals surface area contributed by atoms with Crippen molar-refractivity contribution in [3.63, 3.8) is 0 Å². The van der Waals surface area contributed by atoms with Crippen molar-refractivity contribution in [2.24, 2.45) is 0 Å². The number of aliphatic hydroxyl groups excluding tert-OH is 1. The molecule has 2 unspecified atom stereocenters. The van der Waals surface area contributed by atoms with E-state index in [0.29, 0.717) is 12.8 Å². The maximum absolute atomic E-state index is 11.8. The van der Waals surface area contributed by atoms with Crippen molar-refractivity contribution in [2.75, 3.05) is 0 Å². The fourth-order valence-electron chi connectivity index (χ4n) is 3.92. The van der Waals surface area contributed by atoms with Gasteiger partial charge >= 0.3 is 5.97 Å². The highest BCUT2D eigenvalue weighted by Gasteiger charge is 2.34. The van der Waals surface area contributed by atoms with Crippen LogP contribution in [-0.2, 0) is 15.6 Å². The summed E-state index contributed by atoms with van der Waals surface area (Å²) in [5.74, 6) is -0.778. The summed E-state index contributed by atoms with van der Waals surface area (Å²) in [6.07, 6.45) is 4.65. The summed E-state index contributed by atoms with van der Waals surface area (Å²) < 4.78 is 0. The maximum Gasteiger partial charge on any atom is 0.313 e. The quantitative estimate of drug-likeness (QED) is 0.346. The van der Waals surface area contributed by atoms with Gasteiger partial charge in [0.25, 0.3) is 0 Å². The molecule has 0 saturated carbocycles. The summed E-state index contributed by atoms with van der Waals surface area (Å²) >= 11 is 0. The number of aliphatic hydroxyl groups is 2. The molecule has 0 aliphatic carbocycles. The molecule has 0 saturated heterocycles. The van der Waals surface area contributed by atoms with Crippen molar-refractivity contribution in [1.29, 1.82) is 0 Å². The summed E-state index contributed by atoms with van der Waals surface area (Å²) in [5.41, 5.74) is 0.267. The predicted molar refractivity (Wildman–Crippen MR) is 116 cm³/mol. The molecule has 2 aromatic rings. The largest absolute Gasteiger partial charge is 0.481 e. The van der Waals surface area contributed by atoms with Gasteiger partial charge in [0.15, 0.2) is 6.29 Å². The lowest BCUT2D eigenvalue weighted by Crippen LogP contribution is -2.36. The monoisotopic (exact) mass is 398 g/mol. The lowest BCUT2D eigenvalue weighted by Gasteiger charge is -2.32. The Morgan fingerprint density at radius 1 is 0.759 bits per heavy atom. The first-order valence-electron chi connectivity index (χ1n) is 10.5. The maximum atomic E-state index is 11.8. The third-order valence-corrected chi connectivity index (χ3v) is 6.26. The van der Waals surface area contributed by atoms with Crippen LogP contribution >= 0.6 is 0 Å². The van der Waals surface area contributed by atoms with Crippen LogP contribution in [0, 0.1) is 0 Å². The topological polar surface area (TPSA) is 77.8 Å². The second kappa shape index (κ2) is 10.6. The lowest BCUT2D eigenvalue weighted by molar-refractivity contribution is -0.143. The third kappa shape index (κ3) is 5.91. The van der Waals surface area contributed by atoms with Gasteiger partial charge < -0.3 is 15.3 Å². The van der Waals surface area contributed by atoms with E-state index < -0.39 is 23.1 Å². The molecular weight excluding hydrogens is 364 g/mol. The first kappa shape index (κ1) is 23.1. The minimum absolute atomic E-state index is 0.615. The highest BCUT2D eigenvalue weighted by molar-refractivity contribution is 5.80. The fraction of sp³-hybridized carbons (Fsp3) is 0.480. The Morgan fingerprint density at radius 3 is 1.69 bits per heavy atom. The van der Waals surface area contributed by atoms with Crippen LogP contribution in [0.2, 0.25) is 0 Å². The van der Waals surface area contributed by atoms with Gasteiger partial charge in [-0.25, -0.2) is 0 Å². The Hall–Kier alpha value is -2.17. The predicted octanol–water partition coefficient (Wildman–Crippen LogP) is 5.03. The molecule has 2 aromatic carbocycles. The van der Waals surface area contributed by atoms with Gasteiger partial charge in [-0.15, -0.1) is 0 Å². The van der Waals surface area contributed by atoms with Crippen molar-refractivity contribution in [1.82, 2.24) is 0 Å². The van der Waals surface area contributed by atoms with Gasteiger partial charge in [0.1, 0.15) is 0 Å². The molecule has 0 radical (unpaired) electrons. The smallest absolute Gasteiger partial charge is 0.313 e. The minimum atomic E-state index is -1.40. The van der Waals surface area contributed by atoms with Crippen molar-refractivity contribution in [3.05, 3.63) is 71.8 Å². The van der Waals surface area contributed by atoms with Crippen LogP contribution in [0.15, 0.2) is 60.7 Å². The molecule has 4 nitrogen and oxygen atoms in total. The molecule has 0 heterocycles. The summed E-state index contributed by atoms with van der Waals surface area (Å²) in [6, 6.07) is 19.1. The summed E-state index contributed by atoms with van der Waals surface area (Å²) in [6.45, 7) is 3.70. The molecule has 0 aliphatic rings. The molecule has 4 heteroatoms. The third-order valence-electron chi connectivity index (χ3n) is 6.26. The molecule has 29 heavy (non-hydrogen) atoms. The van der Waals surface area contributed by atoms with E-state index in [1.54, 1.807) is 6.92 Å². The van der Waals surface area contributed by atoms with Crippen molar-refractivity contribution >= 4 is 5.97 Å². The number of carbonyl (C=O) groups is 1. The second-order valence-corrected chi connectivity index (χ2v) is 8.43. The van der Waals surface area contributed by atoms with Crippen molar-refractivity contribution in [2.45, 2.75) is 75.9 Å². The van der Waals surface area contributed by atoms with Crippen LogP contribution in [0.4, 0.5) is 0 Å². The van der Waals surface area contributed by atoms with Crippen molar-refractivity contribution < 1.29 is 20.1 Å². The van der Waals surface area contributed by atoms with Gasteiger partial charge in [0.05, 0.1) is 5.41 Å². The van der Waals surface area contributed by atoms with Crippen LogP contribution in [0.5, 0.6) is 0 Å². The number of hydrogen-bond donors (Lipinski definition) is 3. The molecule has 2 atom stereocenters. The zero-order valence-corrected chi connectivity index (χ0v) is 17.6. The van der Waals surface area contributed by atoms with E-state index in [9.17, 15) is 20.1 Å². The molecule has 0 bridgehead atoms. The van der Waals surface area contributed by atoms with E-state index in [0.717, 1.165) is 43.2 Å². The van der Waals surface area contributed by atoms with E-state index >= 15 is 0 Å². The van der Waals surface area contributed by atoms with E-state index in [1.165, 1.54) is 0 Å². The Balaban J connectivity index is 1.78. The van der Waals surface area contributed by atoms with Gasteiger partial charge in [-0.05, 0) is 30.9 Å². The lowest BCUT2D eigenvalue weighted by atomic mass is 9.77. The number of aliphatic carboxylic acids is 1. The summed E-state index contributed by atoms with van der Waals surface area (Å²) in [4.78, 5) is 11.8. The Bertz CT molecular complexity index is 744. The Labute approximate surface area is 174 Å². The van der Waals surface area contributed by atoms with Crippen LogP contribution < -0.4 is 0 Å².